The number of hydrogen-bond acceptors (Lipinski definition) is 5. The van der Waals surface area contributed by atoms with E-state index < -0.39 is 23.7 Å². The van der Waals surface area contributed by atoms with Crippen LogP contribution in [0.2, 0.25) is 0 Å². The van der Waals surface area contributed by atoms with Gasteiger partial charge >= 0.3 is 6.03 Å². The first-order valence-electron chi connectivity index (χ1n) is 8.86. The van der Waals surface area contributed by atoms with E-state index in [2.05, 4.69) is 10.3 Å². The lowest BCUT2D eigenvalue weighted by Crippen LogP contribution is -2.46. The minimum Gasteiger partial charge on any atom is -0.441 e. The molecule has 3 amide bonds. The van der Waals surface area contributed by atoms with Crippen molar-refractivity contribution in [3.63, 3.8) is 0 Å². The first kappa shape index (κ1) is 22.6. The number of carbonyl (C=O) groups excluding carboxylic acids is 2. The van der Waals surface area contributed by atoms with Gasteiger partial charge in [0.15, 0.2) is 0 Å². The van der Waals surface area contributed by atoms with Crippen molar-refractivity contribution in [3.8, 4) is 11.5 Å². The van der Waals surface area contributed by atoms with E-state index >= 15 is 0 Å². The Bertz CT molecular complexity index is 872. The highest BCUT2D eigenvalue weighted by atomic mass is 35.5. The first-order valence-corrected chi connectivity index (χ1v) is 8.86. The quantitative estimate of drug-likeness (QED) is 0.602. The van der Waals surface area contributed by atoms with E-state index in [1.165, 1.54) is 0 Å². The average Bonchev–Trinajstić information content (AvgIpc) is 3.07. The number of rotatable bonds is 6. The van der Waals surface area contributed by atoms with Gasteiger partial charge in [0.1, 0.15) is 23.1 Å². The van der Waals surface area contributed by atoms with Gasteiger partial charge in [-0.15, -0.1) is 12.4 Å². The third-order valence-corrected chi connectivity index (χ3v) is 4.46. The number of hydrogen-bond donors (Lipinski definition) is 3. The van der Waals surface area contributed by atoms with Crippen molar-refractivity contribution in [2.75, 3.05) is 13.1 Å². The van der Waals surface area contributed by atoms with E-state index in [0.29, 0.717) is 43.8 Å². The minimum atomic E-state index is -0.722. The lowest BCUT2D eigenvalue weighted by atomic mass is 10.1. The van der Waals surface area contributed by atoms with Crippen LogP contribution in [0.3, 0.4) is 0 Å². The lowest BCUT2D eigenvalue weighted by molar-refractivity contribution is -0.133. The zero-order valence-electron chi connectivity index (χ0n) is 15.5. The Balaban J connectivity index is 0.00000300. The highest BCUT2D eigenvalue weighted by molar-refractivity contribution is 5.85. The van der Waals surface area contributed by atoms with E-state index in [1.54, 1.807) is 4.90 Å². The van der Waals surface area contributed by atoms with Crippen LogP contribution in [0.1, 0.15) is 24.3 Å². The number of urea groups is 1. The standard InChI is InChI=1S/C18H21F2N5O3.ClH/c19-11-6-10(7-12(20)8-11)16-24-14-9-25(5-3-15(14)28-16)17(26)13(21)2-1-4-23-18(22)27;/h6-8,13H,1-5,9,21H2,(H3,22,23,27);1H/t13-;/m0./s1. The summed E-state index contributed by atoms with van der Waals surface area (Å²) in [6, 6.07) is 1.72. The van der Waals surface area contributed by atoms with E-state index in [-0.39, 0.29) is 36.3 Å². The molecule has 8 nitrogen and oxygen atoms in total. The molecule has 0 fully saturated rings. The van der Waals surface area contributed by atoms with Crippen molar-refractivity contribution in [3.05, 3.63) is 41.3 Å². The molecule has 11 heteroatoms. The third-order valence-electron chi connectivity index (χ3n) is 4.46. The molecule has 2 aromatic rings. The second-order valence-corrected chi connectivity index (χ2v) is 6.60. The predicted molar refractivity (Wildman–Crippen MR) is 103 cm³/mol. The van der Waals surface area contributed by atoms with E-state index in [1.807, 2.05) is 0 Å². The molecule has 0 bridgehead atoms. The molecular formula is C18H22ClF2N5O3. The molecule has 1 aromatic heterocycles. The Morgan fingerprint density at radius 3 is 2.62 bits per heavy atom. The molecule has 1 aromatic carbocycles. The Hall–Kier alpha value is -2.72. The maximum absolute atomic E-state index is 13.4. The Labute approximate surface area is 172 Å². The molecule has 0 radical (unpaired) electrons. The molecule has 29 heavy (non-hydrogen) atoms. The van der Waals surface area contributed by atoms with E-state index in [0.717, 1.165) is 18.2 Å². The summed E-state index contributed by atoms with van der Waals surface area (Å²) in [4.78, 5) is 29.0. The van der Waals surface area contributed by atoms with Crippen LogP contribution in [-0.2, 0) is 17.8 Å². The number of fused-ring (bicyclic) bond motifs is 1. The maximum atomic E-state index is 13.4. The van der Waals surface area contributed by atoms with E-state index in [4.69, 9.17) is 15.9 Å². The summed E-state index contributed by atoms with van der Waals surface area (Å²) in [6.45, 7) is 0.964. The molecule has 5 N–H and O–H groups in total. The topological polar surface area (TPSA) is 127 Å². The summed E-state index contributed by atoms with van der Waals surface area (Å²) >= 11 is 0. The van der Waals surface area contributed by atoms with Crippen molar-refractivity contribution < 1.29 is 22.8 Å². The van der Waals surface area contributed by atoms with Gasteiger partial charge in [0, 0.05) is 31.1 Å². The zero-order valence-corrected chi connectivity index (χ0v) is 16.3. The van der Waals surface area contributed by atoms with Crippen molar-refractivity contribution in [1.82, 2.24) is 15.2 Å². The summed E-state index contributed by atoms with van der Waals surface area (Å²) in [6.07, 6.45) is 1.35. The molecule has 3 rings (SSSR count). The van der Waals surface area contributed by atoms with Gasteiger partial charge in [0.25, 0.3) is 0 Å². The molecule has 0 aliphatic carbocycles. The van der Waals surface area contributed by atoms with Gasteiger partial charge in [-0.1, -0.05) is 0 Å². The Morgan fingerprint density at radius 2 is 1.97 bits per heavy atom. The number of nitrogens with one attached hydrogen (secondary N) is 1. The Kier molecular flexibility index (Phi) is 7.52. The molecule has 0 unspecified atom stereocenters. The molecule has 1 aliphatic rings. The maximum Gasteiger partial charge on any atom is 0.312 e. The van der Waals surface area contributed by atoms with Gasteiger partial charge in [-0.2, -0.15) is 0 Å². The van der Waals surface area contributed by atoms with E-state index in [9.17, 15) is 18.4 Å². The summed E-state index contributed by atoms with van der Waals surface area (Å²) in [5.41, 5.74) is 11.7. The van der Waals surface area contributed by atoms with Crippen molar-refractivity contribution in [1.29, 1.82) is 0 Å². The summed E-state index contributed by atoms with van der Waals surface area (Å²) in [5, 5.41) is 2.44. The SMILES string of the molecule is Cl.NC(=O)NCCC[C@H](N)C(=O)N1CCc2oc(-c3cc(F)cc(F)c3)nc2C1. The average molecular weight is 430 g/mol. The number of benzene rings is 1. The fourth-order valence-corrected chi connectivity index (χ4v) is 3.08. The minimum absolute atomic E-state index is 0. The molecule has 0 spiro atoms. The molecule has 0 saturated carbocycles. The van der Waals surface area contributed by atoms with Crippen LogP contribution in [0.15, 0.2) is 22.6 Å². The highest BCUT2D eigenvalue weighted by Crippen LogP contribution is 2.27. The largest absolute Gasteiger partial charge is 0.441 e. The van der Waals surface area contributed by atoms with Gasteiger partial charge in [0.2, 0.25) is 11.8 Å². The monoisotopic (exact) mass is 429 g/mol. The molecule has 2 heterocycles. The summed E-state index contributed by atoms with van der Waals surface area (Å²) in [7, 11) is 0. The number of carbonyl (C=O) groups is 2. The van der Waals surface area contributed by atoms with Crippen LogP contribution < -0.4 is 16.8 Å². The number of primary amides is 1. The van der Waals surface area contributed by atoms with Crippen molar-refractivity contribution in [2.45, 2.75) is 31.8 Å². The second-order valence-electron chi connectivity index (χ2n) is 6.60. The van der Waals surface area contributed by atoms with Gasteiger partial charge in [0.05, 0.1) is 12.6 Å². The van der Waals surface area contributed by atoms with Crippen LogP contribution in [0.25, 0.3) is 11.5 Å². The smallest absolute Gasteiger partial charge is 0.312 e. The lowest BCUT2D eigenvalue weighted by Gasteiger charge is -2.27. The van der Waals surface area contributed by atoms with Gasteiger partial charge in [-0.05, 0) is 25.0 Å². The zero-order chi connectivity index (χ0) is 20.3. The number of amides is 3. The third kappa shape index (κ3) is 5.64. The van der Waals surface area contributed by atoms with Crippen LogP contribution >= 0.6 is 12.4 Å². The van der Waals surface area contributed by atoms with Crippen molar-refractivity contribution in [2.24, 2.45) is 11.5 Å². The van der Waals surface area contributed by atoms with Crippen LogP contribution in [0.5, 0.6) is 0 Å². The summed E-state index contributed by atoms with van der Waals surface area (Å²) in [5.74, 6) is -0.979. The fourth-order valence-electron chi connectivity index (χ4n) is 3.08. The van der Waals surface area contributed by atoms with Crippen LogP contribution in [0.4, 0.5) is 13.6 Å². The predicted octanol–water partition coefficient (Wildman–Crippen LogP) is 1.70. The van der Waals surface area contributed by atoms with Crippen LogP contribution in [-0.4, -0.2) is 41.0 Å². The number of aromatic nitrogens is 1. The molecular weight excluding hydrogens is 408 g/mol. The number of oxazole rings is 1. The number of halogens is 3. The first-order chi connectivity index (χ1) is 13.3. The number of nitrogens with two attached hydrogens (primary N) is 2. The van der Waals surface area contributed by atoms with Gasteiger partial charge in [-0.25, -0.2) is 18.6 Å². The molecule has 0 saturated heterocycles. The normalized spacial score (nSPS) is 14.0. The van der Waals surface area contributed by atoms with Crippen molar-refractivity contribution >= 4 is 24.3 Å². The number of nitrogens with zero attached hydrogens (tertiary/aromatic N) is 2. The molecule has 1 atom stereocenters. The molecule has 158 valence electrons. The van der Waals surface area contributed by atoms with Crippen LogP contribution in [0, 0.1) is 11.6 Å². The second kappa shape index (κ2) is 9.66. The Morgan fingerprint density at radius 1 is 1.28 bits per heavy atom. The van der Waals surface area contributed by atoms with Gasteiger partial charge < -0.3 is 26.1 Å². The highest BCUT2D eigenvalue weighted by Gasteiger charge is 2.28. The molecule has 1 aliphatic heterocycles. The van der Waals surface area contributed by atoms with Gasteiger partial charge in [-0.3, -0.25) is 4.79 Å². The summed E-state index contributed by atoms with van der Waals surface area (Å²) < 4.78 is 32.5. The fraction of sp³-hybridized carbons (Fsp3) is 0.389.